The number of rotatable bonds is 2. The van der Waals surface area contributed by atoms with E-state index in [0.29, 0.717) is 18.4 Å². The van der Waals surface area contributed by atoms with Crippen molar-refractivity contribution in [2.45, 2.75) is 18.8 Å². The molecule has 0 aromatic heterocycles. The standard InChI is InChI=1S/C13H16O/c14-10-12-8-4-5-9-13(12)11-6-2-1-3-7-11/h1-3,5-7,9,12-14H,4,8,10H2/t12-,13?/m1/s1. The first-order valence-electron chi connectivity index (χ1n) is 5.24. The molecule has 1 aromatic carbocycles. The van der Waals surface area contributed by atoms with E-state index >= 15 is 0 Å². The van der Waals surface area contributed by atoms with Gasteiger partial charge in [-0.2, -0.15) is 0 Å². The van der Waals surface area contributed by atoms with Crippen LogP contribution < -0.4 is 0 Å². The molecule has 14 heavy (non-hydrogen) atoms. The van der Waals surface area contributed by atoms with E-state index in [1.54, 1.807) is 0 Å². The largest absolute Gasteiger partial charge is 0.396 e. The Hall–Kier alpha value is -1.08. The summed E-state index contributed by atoms with van der Waals surface area (Å²) in [5.41, 5.74) is 1.32. The highest BCUT2D eigenvalue weighted by Crippen LogP contribution is 2.32. The molecule has 0 spiro atoms. The topological polar surface area (TPSA) is 20.2 Å². The van der Waals surface area contributed by atoms with E-state index in [-0.39, 0.29) is 0 Å². The average Bonchev–Trinajstić information content (AvgIpc) is 2.30. The summed E-state index contributed by atoms with van der Waals surface area (Å²) in [7, 11) is 0. The zero-order chi connectivity index (χ0) is 9.80. The van der Waals surface area contributed by atoms with Crippen LogP contribution in [0.5, 0.6) is 0 Å². The van der Waals surface area contributed by atoms with E-state index in [9.17, 15) is 5.11 Å². The second-order valence-electron chi connectivity index (χ2n) is 3.88. The lowest BCUT2D eigenvalue weighted by molar-refractivity contribution is 0.204. The molecule has 1 N–H and O–H groups in total. The zero-order valence-electron chi connectivity index (χ0n) is 8.26. The van der Waals surface area contributed by atoms with Gasteiger partial charge in [-0.15, -0.1) is 0 Å². The summed E-state index contributed by atoms with van der Waals surface area (Å²) in [6.45, 7) is 0.296. The highest BCUT2D eigenvalue weighted by atomic mass is 16.3. The van der Waals surface area contributed by atoms with Gasteiger partial charge in [0, 0.05) is 12.5 Å². The number of allylic oxidation sites excluding steroid dienone is 2. The van der Waals surface area contributed by atoms with Crippen molar-refractivity contribution < 1.29 is 5.11 Å². The summed E-state index contributed by atoms with van der Waals surface area (Å²) in [5.74, 6) is 0.817. The fraction of sp³-hybridized carbons (Fsp3) is 0.385. The third-order valence-electron chi connectivity index (χ3n) is 2.97. The molecule has 1 aliphatic rings. The van der Waals surface area contributed by atoms with Crippen molar-refractivity contribution in [2.24, 2.45) is 5.92 Å². The Balaban J connectivity index is 2.23. The van der Waals surface area contributed by atoms with Crippen molar-refractivity contribution in [3.63, 3.8) is 0 Å². The van der Waals surface area contributed by atoms with Crippen molar-refractivity contribution in [2.75, 3.05) is 6.61 Å². The molecule has 0 radical (unpaired) electrons. The van der Waals surface area contributed by atoms with Crippen LogP contribution in [0.1, 0.15) is 24.3 Å². The molecule has 1 aromatic rings. The summed E-state index contributed by atoms with van der Waals surface area (Å²) in [6, 6.07) is 10.4. The third-order valence-corrected chi connectivity index (χ3v) is 2.97. The maximum Gasteiger partial charge on any atom is 0.0468 e. The van der Waals surface area contributed by atoms with E-state index in [4.69, 9.17) is 0 Å². The van der Waals surface area contributed by atoms with Crippen LogP contribution in [0.2, 0.25) is 0 Å². The first-order chi connectivity index (χ1) is 6.92. The Labute approximate surface area is 85.1 Å². The molecule has 0 saturated carbocycles. The minimum atomic E-state index is 0.296. The van der Waals surface area contributed by atoms with Crippen molar-refractivity contribution >= 4 is 0 Å². The van der Waals surface area contributed by atoms with Crippen LogP contribution in [0.3, 0.4) is 0 Å². The fourth-order valence-corrected chi connectivity index (χ4v) is 2.15. The van der Waals surface area contributed by atoms with Gasteiger partial charge in [-0.25, -0.2) is 0 Å². The molecule has 1 heteroatoms. The van der Waals surface area contributed by atoms with Gasteiger partial charge in [0.05, 0.1) is 0 Å². The summed E-state index contributed by atoms with van der Waals surface area (Å²) in [6.07, 6.45) is 6.67. The number of hydrogen-bond acceptors (Lipinski definition) is 1. The van der Waals surface area contributed by atoms with Crippen molar-refractivity contribution in [3.8, 4) is 0 Å². The van der Waals surface area contributed by atoms with E-state index in [2.05, 4.69) is 36.4 Å². The number of aliphatic hydroxyl groups is 1. The third kappa shape index (κ3) is 1.88. The lowest BCUT2D eigenvalue weighted by Crippen LogP contribution is -2.17. The molecular formula is C13H16O. The zero-order valence-corrected chi connectivity index (χ0v) is 8.26. The Bertz CT molecular complexity index is 302. The maximum atomic E-state index is 9.29. The molecular weight excluding hydrogens is 172 g/mol. The number of hydrogen-bond donors (Lipinski definition) is 1. The van der Waals surface area contributed by atoms with Gasteiger partial charge in [0.25, 0.3) is 0 Å². The van der Waals surface area contributed by atoms with Gasteiger partial charge in [0.2, 0.25) is 0 Å². The normalized spacial score (nSPS) is 26.4. The van der Waals surface area contributed by atoms with E-state index < -0.39 is 0 Å². The maximum absolute atomic E-state index is 9.29. The molecule has 0 heterocycles. The van der Waals surface area contributed by atoms with Crippen LogP contribution in [-0.2, 0) is 0 Å². The predicted molar refractivity (Wildman–Crippen MR) is 58.1 cm³/mol. The van der Waals surface area contributed by atoms with Gasteiger partial charge >= 0.3 is 0 Å². The van der Waals surface area contributed by atoms with Crippen LogP contribution in [0, 0.1) is 5.92 Å². The van der Waals surface area contributed by atoms with Crippen LogP contribution in [0.25, 0.3) is 0 Å². The second-order valence-corrected chi connectivity index (χ2v) is 3.88. The van der Waals surface area contributed by atoms with Crippen molar-refractivity contribution in [3.05, 3.63) is 48.0 Å². The van der Waals surface area contributed by atoms with Crippen LogP contribution in [0.4, 0.5) is 0 Å². The molecule has 1 aliphatic carbocycles. The lowest BCUT2D eigenvalue weighted by Gasteiger charge is -2.26. The highest BCUT2D eigenvalue weighted by Gasteiger charge is 2.21. The van der Waals surface area contributed by atoms with Gasteiger partial charge in [-0.3, -0.25) is 0 Å². The number of aliphatic hydroxyl groups excluding tert-OH is 1. The minimum absolute atomic E-state index is 0.296. The Morgan fingerprint density at radius 2 is 2.00 bits per heavy atom. The molecule has 0 bridgehead atoms. The van der Waals surface area contributed by atoms with Gasteiger partial charge in [-0.1, -0.05) is 42.5 Å². The van der Waals surface area contributed by atoms with E-state index in [1.165, 1.54) is 5.56 Å². The van der Waals surface area contributed by atoms with Gasteiger partial charge < -0.3 is 5.11 Å². The molecule has 1 nitrogen and oxygen atoms in total. The first kappa shape index (κ1) is 9.47. The summed E-state index contributed by atoms with van der Waals surface area (Å²) >= 11 is 0. The molecule has 74 valence electrons. The molecule has 0 amide bonds. The molecule has 0 aliphatic heterocycles. The second kappa shape index (κ2) is 4.43. The van der Waals surface area contributed by atoms with Gasteiger partial charge in [0.1, 0.15) is 0 Å². The fourth-order valence-electron chi connectivity index (χ4n) is 2.15. The Kier molecular flexibility index (Phi) is 3.00. The predicted octanol–water partition coefficient (Wildman–Crippen LogP) is 2.73. The molecule has 0 fully saturated rings. The number of benzene rings is 1. The quantitative estimate of drug-likeness (QED) is 0.707. The minimum Gasteiger partial charge on any atom is -0.396 e. The average molecular weight is 188 g/mol. The van der Waals surface area contributed by atoms with E-state index in [0.717, 1.165) is 12.8 Å². The smallest absolute Gasteiger partial charge is 0.0468 e. The highest BCUT2D eigenvalue weighted by molar-refractivity contribution is 5.26. The van der Waals surface area contributed by atoms with Gasteiger partial charge in [0.15, 0.2) is 0 Å². The monoisotopic (exact) mass is 188 g/mol. The molecule has 2 atom stereocenters. The Morgan fingerprint density at radius 3 is 2.71 bits per heavy atom. The SMILES string of the molecule is OC[C@H]1CCC=CC1c1ccccc1. The summed E-state index contributed by atoms with van der Waals surface area (Å²) < 4.78 is 0. The summed E-state index contributed by atoms with van der Waals surface area (Å²) in [5, 5.41) is 9.29. The van der Waals surface area contributed by atoms with Crippen LogP contribution in [0.15, 0.2) is 42.5 Å². The van der Waals surface area contributed by atoms with Crippen LogP contribution in [-0.4, -0.2) is 11.7 Å². The van der Waals surface area contributed by atoms with Crippen molar-refractivity contribution in [1.29, 1.82) is 0 Å². The van der Waals surface area contributed by atoms with Crippen LogP contribution >= 0.6 is 0 Å². The van der Waals surface area contributed by atoms with Gasteiger partial charge in [-0.05, 0) is 24.3 Å². The first-order valence-corrected chi connectivity index (χ1v) is 5.24. The van der Waals surface area contributed by atoms with E-state index in [1.807, 2.05) is 6.07 Å². The lowest BCUT2D eigenvalue weighted by atomic mass is 9.80. The Morgan fingerprint density at radius 1 is 1.21 bits per heavy atom. The molecule has 2 rings (SSSR count). The molecule has 0 saturated heterocycles. The molecule has 1 unspecified atom stereocenters. The summed E-state index contributed by atoms with van der Waals surface area (Å²) in [4.78, 5) is 0. The van der Waals surface area contributed by atoms with Crippen molar-refractivity contribution in [1.82, 2.24) is 0 Å².